The lowest BCUT2D eigenvalue weighted by Crippen LogP contribution is -2.27. The fourth-order valence-corrected chi connectivity index (χ4v) is 2.68. The van der Waals surface area contributed by atoms with Gasteiger partial charge in [0.25, 0.3) is 5.91 Å². The Morgan fingerprint density at radius 1 is 1.33 bits per heavy atom. The van der Waals surface area contributed by atoms with Gasteiger partial charge >= 0.3 is 0 Å². The maximum atomic E-state index is 13.0. The predicted octanol–water partition coefficient (Wildman–Crippen LogP) is 2.71. The monoisotopic (exact) mass is 352 g/mol. The van der Waals surface area contributed by atoms with Crippen molar-refractivity contribution in [1.29, 1.82) is 0 Å². The molecule has 0 radical (unpaired) electrons. The molecule has 1 amide bonds. The van der Waals surface area contributed by atoms with Crippen molar-refractivity contribution >= 4 is 17.5 Å². The van der Waals surface area contributed by atoms with Crippen LogP contribution in [-0.2, 0) is 6.54 Å². The molecule has 24 heavy (non-hydrogen) atoms. The fourth-order valence-electron chi connectivity index (χ4n) is 2.36. The molecule has 2 rings (SSSR count). The average molecular weight is 353 g/mol. The number of hydrogen-bond donors (Lipinski definition) is 1. The largest absolute Gasteiger partial charge is 0.352 e. The van der Waals surface area contributed by atoms with Crippen molar-refractivity contribution in [3.8, 4) is 0 Å². The molecule has 1 heterocycles. The van der Waals surface area contributed by atoms with Crippen LogP contribution < -0.4 is 5.32 Å². The zero-order valence-electron chi connectivity index (χ0n) is 14.1. The summed E-state index contributed by atoms with van der Waals surface area (Å²) in [6.07, 6.45) is 0.860. The maximum Gasteiger partial charge on any atom is 0.256 e. The molecule has 0 aliphatic rings. The highest BCUT2D eigenvalue weighted by molar-refractivity contribution is 6.33. The molecule has 0 saturated carbocycles. The first kappa shape index (κ1) is 18.4. The lowest BCUT2D eigenvalue weighted by molar-refractivity contribution is 0.0952. The normalized spacial score (nSPS) is 11.1. The van der Waals surface area contributed by atoms with Crippen LogP contribution in [0.3, 0.4) is 0 Å². The van der Waals surface area contributed by atoms with Crippen molar-refractivity contribution < 1.29 is 9.18 Å². The number of nitrogens with one attached hydrogen (secondary N) is 1. The minimum absolute atomic E-state index is 0.221. The first-order valence-electron chi connectivity index (χ1n) is 7.78. The van der Waals surface area contributed by atoms with E-state index in [1.165, 1.54) is 12.1 Å². The molecular formula is C17H22ClFN4O. The summed E-state index contributed by atoms with van der Waals surface area (Å²) in [5.74, 6) is -0.513. The molecular weight excluding hydrogens is 331 g/mol. The van der Waals surface area contributed by atoms with Gasteiger partial charge in [-0.3, -0.25) is 4.79 Å². The highest BCUT2D eigenvalue weighted by Crippen LogP contribution is 2.21. The topological polar surface area (TPSA) is 50.2 Å². The van der Waals surface area contributed by atoms with Gasteiger partial charge in [0.05, 0.1) is 17.8 Å². The Morgan fingerprint density at radius 2 is 2.00 bits per heavy atom. The minimum Gasteiger partial charge on any atom is -0.352 e. The third kappa shape index (κ3) is 4.79. The van der Waals surface area contributed by atoms with Gasteiger partial charge < -0.3 is 10.2 Å². The number of carbonyl (C=O) groups excluding carboxylic acids is 1. The summed E-state index contributed by atoms with van der Waals surface area (Å²) in [7, 11) is 3.98. The molecule has 0 fully saturated rings. The molecule has 0 aliphatic heterocycles. The van der Waals surface area contributed by atoms with Crippen molar-refractivity contribution in [3.05, 3.63) is 52.1 Å². The molecule has 2 aromatic rings. The van der Waals surface area contributed by atoms with Gasteiger partial charge in [-0.15, -0.1) is 0 Å². The lowest BCUT2D eigenvalue weighted by atomic mass is 10.2. The van der Waals surface area contributed by atoms with Crippen molar-refractivity contribution in [3.63, 3.8) is 0 Å². The van der Waals surface area contributed by atoms with Crippen molar-refractivity contribution in [2.75, 3.05) is 27.2 Å². The smallest absolute Gasteiger partial charge is 0.256 e. The minimum atomic E-state index is -0.292. The van der Waals surface area contributed by atoms with Gasteiger partial charge in [0.1, 0.15) is 11.0 Å². The molecule has 0 atom stereocenters. The fraction of sp³-hybridized carbons (Fsp3) is 0.412. The maximum absolute atomic E-state index is 13.0. The van der Waals surface area contributed by atoms with Gasteiger partial charge in [0.15, 0.2) is 0 Å². The van der Waals surface area contributed by atoms with Crippen molar-refractivity contribution in [1.82, 2.24) is 20.0 Å². The second kappa shape index (κ2) is 8.26. The summed E-state index contributed by atoms with van der Waals surface area (Å²) in [5, 5.41) is 7.49. The van der Waals surface area contributed by atoms with Gasteiger partial charge in [0.2, 0.25) is 0 Å². The summed E-state index contributed by atoms with van der Waals surface area (Å²) in [6.45, 7) is 3.61. The predicted molar refractivity (Wildman–Crippen MR) is 93.0 cm³/mol. The summed E-state index contributed by atoms with van der Waals surface area (Å²) in [4.78, 5) is 14.4. The molecule has 0 spiro atoms. The van der Waals surface area contributed by atoms with E-state index in [4.69, 9.17) is 11.6 Å². The van der Waals surface area contributed by atoms with E-state index in [0.29, 0.717) is 29.5 Å². The van der Waals surface area contributed by atoms with Crippen LogP contribution in [0.4, 0.5) is 4.39 Å². The number of nitrogens with zero attached hydrogens (tertiary/aromatic N) is 3. The Hall–Kier alpha value is -1.92. The summed E-state index contributed by atoms with van der Waals surface area (Å²) < 4.78 is 14.5. The number of aryl methyl sites for hydroxylation is 1. The highest BCUT2D eigenvalue weighted by Gasteiger charge is 2.20. The Kier molecular flexibility index (Phi) is 6.34. The van der Waals surface area contributed by atoms with E-state index < -0.39 is 0 Å². The van der Waals surface area contributed by atoms with Gasteiger partial charge in [-0.1, -0.05) is 23.7 Å². The van der Waals surface area contributed by atoms with E-state index in [-0.39, 0.29) is 11.7 Å². The molecule has 7 heteroatoms. The number of amides is 1. The molecule has 0 bridgehead atoms. The quantitative estimate of drug-likeness (QED) is 0.779. The third-order valence-corrected chi connectivity index (χ3v) is 3.99. The van der Waals surface area contributed by atoms with Gasteiger partial charge in [-0.25, -0.2) is 9.07 Å². The van der Waals surface area contributed by atoms with Crippen LogP contribution in [0.1, 0.15) is 28.0 Å². The molecule has 1 aromatic carbocycles. The molecule has 1 aromatic heterocycles. The molecule has 0 aliphatic carbocycles. The van der Waals surface area contributed by atoms with E-state index in [9.17, 15) is 9.18 Å². The molecule has 0 saturated heterocycles. The SMILES string of the molecule is Cc1nn(Cc2ccc(F)cc2)c(Cl)c1C(=O)NCCCN(C)C. The second-order valence-electron chi connectivity index (χ2n) is 5.95. The summed E-state index contributed by atoms with van der Waals surface area (Å²) in [5.41, 5.74) is 1.83. The Bertz CT molecular complexity index is 697. The van der Waals surface area contributed by atoms with Crippen LogP contribution in [-0.4, -0.2) is 47.8 Å². The number of carbonyl (C=O) groups is 1. The Morgan fingerprint density at radius 3 is 2.62 bits per heavy atom. The van der Waals surface area contributed by atoms with Crippen LogP contribution in [0.5, 0.6) is 0 Å². The zero-order valence-corrected chi connectivity index (χ0v) is 14.9. The van der Waals surface area contributed by atoms with Gasteiger partial charge in [-0.2, -0.15) is 5.10 Å². The van der Waals surface area contributed by atoms with E-state index >= 15 is 0 Å². The first-order valence-corrected chi connectivity index (χ1v) is 8.16. The lowest BCUT2D eigenvalue weighted by Gasteiger charge is -2.10. The van der Waals surface area contributed by atoms with Crippen LogP contribution in [0.15, 0.2) is 24.3 Å². The van der Waals surface area contributed by atoms with Gasteiger partial charge in [-0.05, 0) is 51.7 Å². The summed E-state index contributed by atoms with van der Waals surface area (Å²) >= 11 is 6.33. The van der Waals surface area contributed by atoms with Crippen molar-refractivity contribution in [2.45, 2.75) is 19.9 Å². The number of aromatic nitrogens is 2. The Labute approximate surface area is 146 Å². The second-order valence-corrected chi connectivity index (χ2v) is 6.31. The standard InChI is InChI=1S/C17H22ClFN4O/c1-12-15(17(24)20-9-4-10-22(2)3)16(18)23(21-12)11-13-5-7-14(19)8-6-13/h5-8H,4,9-11H2,1-3H3,(H,20,24). The number of rotatable bonds is 7. The number of hydrogen-bond acceptors (Lipinski definition) is 3. The third-order valence-electron chi connectivity index (χ3n) is 3.61. The molecule has 5 nitrogen and oxygen atoms in total. The van der Waals surface area contributed by atoms with Gasteiger partial charge in [0, 0.05) is 6.54 Å². The van der Waals surface area contributed by atoms with Crippen LogP contribution in [0, 0.1) is 12.7 Å². The highest BCUT2D eigenvalue weighted by atomic mass is 35.5. The van der Waals surface area contributed by atoms with E-state index in [2.05, 4.69) is 15.3 Å². The van der Waals surface area contributed by atoms with Crippen LogP contribution >= 0.6 is 11.6 Å². The number of halogens is 2. The van der Waals surface area contributed by atoms with Crippen LogP contribution in [0.2, 0.25) is 5.15 Å². The van der Waals surface area contributed by atoms with E-state index in [0.717, 1.165) is 18.5 Å². The van der Waals surface area contributed by atoms with E-state index in [1.807, 2.05) is 14.1 Å². The Balaban J connectivity index is 2.05. The van der Waals surface area contributed by atoms with Crippen molar-refractivity contribution in [2.24, 2.45) is 0 Å². The molecule has 0 unspecified atom stereocenters. The van der Waals surface area contributed by atoms with Crippen LogP contribution in [0.25, 0.3) is 0 Å². The average Bonchev–Trinajstić information content (AvgIpc) is 2.80. The molecule has 130 valence electrons. The van der Waals surface area contributed by atoms with E-state index in [1.54, 1.807) is 23.7 Å². The molecule has 1 N–H and O–H groups in total. The first-order chi connectivity index (χ1) is 11.4. The zero-order chi connectivity index (χ0) is 17.7. The summed E-state index contributed by atoms with van der Waals surface area (Å²) in [6, 6.07) is 6.11. The number of benzene rings is 1.